The van der Waals surface area contributed by atoms with Gasteiger partial charge in [-0.25, -0.2) is 0 Å². The second-order valence-corrected chi connectivity index (χ2v) is 3.46. The van der Waals surface area contributed by atoms with Gasteiger partial charge in [0.2, 0.25) is 0 Å². The molecule has 1 N–H and O–H groups in total. The third-order valence-electron chi connectivity index (χ3n) is 2.29. The van der Waals surface area contributed by atoms with E-state index in [0.29, 0.717) is 6.54 Å². The van der Waals surface area contributed by atoms with Gasteiger partial charge in [-0.1, -0.05) is 12.1 Å². The van der Waals surface area contributed by atoms with E-state index in [4.69, 9.17) is 18.3 Å². The average Bonchev–Trinajstić information content (AvgIpc) is 2.37. The Morgan fingerprint density at radius 3 is 2.35 bits per heavy atom. The van der Waals surface area contributed by atoms with E-state index >= 15 is 0 Å². The van der Waals surface area contributed by atoms with Crippen LogP contribution in [0.3, 0.4) is 0 Å². The van der Waals surface area contributed by atoms with Gasteiger partial charge in [-0.3, -0.25) is 0 Å². The molecule has 1 rings (SSSR count). The fourth-order valence-electron chi connectivity index (χ4n) is 1.34. The number of nitrogens with zero attached hydrogens (tertiary/aromatic N) is 3. The third-order valence-corrected chi connectivity index (χ3v) is 2.29. The predicted octanol–water partition coefficient (Wildman–Crippen LogP) is 2.25. The molecule has 0 unspecified atom stereocenters. The Bertz CT molecular complexity index is 461. The van der Waals surface area contributed by atoms with Crippen molar-refractivity contribution in [2.45, 2.75) is 0 Å². The molecule has 0 saturated carbocycles. The van der Waals surface area contributed by atoms with Crippen LogP contribution in [-0.4, -0.2) is 25.3 Å². The Labute approximate surface area is 101 Å². The molecule has 4 nitrogen and oxygen atoms in total. The minimum Gasteiger partial charge on any atom is -0.395 e. The fraction of sp³-hybridized carbons (Fsp3) is 0.231. The second kappa shape index (κ2) is 6.32. The van der Waals surface area contributed by atoms with Gasteiger partial charge in [-0.15, -0.1) is 0 Å². The summed E-state index contributed by atoms with van der Waals surface area (Å²) in [7, 11) is 1.89. The monoisotopic (exact) mass is 227 g/mol. The minimum atomic E-state index is 0.0569. The molecule has 0 amide bonds. The lowest BCUT2D eigenvalue weighted by molar-refractivity contribution is 0.304. The zero-order valence-electron chi connectivity index (χ0n) is 9.59. The molecule has 0 fully saturated rings. The molecule has 0 atom stereocenters. The fourth-order valence-corrected chi connectivity index (χ4v) is 1.34. The molecule has 0 bridgehead atoms. The first kappa shape index (κ1) is 12.8. The van der Waals surface area contributed by atoms with Crippen LogP contribution in [0, 0.1) is 13.1 Å². The number of hydrogen-bond donors (Lipinski definition) is 1. The van der Waals surface area contributed by atoms with E-state index in [9.17, 15) is 0 Å². The van der Waals surface area contributed by atoms with Crippen molar-refractivity contribution in [3.63, 3.8) is 0 Å². The molecule has 0 aliphatic carbocycles. The summed E-state index contributed by atoms with van der Waals surface area (Å²) in [4.78, 5) is 8.13. The molecule has 0 aliphatic heterocycles. The van der Waals surface area contributed by atoms with Crippen LogP contribution in [-0.2, 0) is 0 Å². The van der Waals surface area contributed by atoms with Gasteiger partial charge in [-0.2, -0.15) is 9.69 Å². The third kappa shape index (κ3) is 3.64. The summed E-state index contributed by atoms with van der Waals surface area (Å²) in [5.74, 6) is 0.0569. The standard InChI is InChI=1S/C13H13N3O/c1-14-13(15-2)10-11-4-6-12(7-5-11)16(3)8-9-17/h4-7,10,17H,8-9H2,3H3. The van der Waals surface area contributed by atoms with Gasteiger partial charge in [-0.05, 0) is 17.7 Å². The van der Waals surface area contributed by atoms with Crippen molar-refractivity contribution in [2.75, 3.05) is 25.1 Å². The maximum Gasteiger partial charge on any atom is 0.519 e. The number of anilines is 1. The Morgan fingerprint density at radius 2 is 1.88 bits per heavy atom. The highest BCUT2D eigenvalue weighted by Gasteiger charge is 2.03. The summed E-state index contributed by atoms with van der Waals surface area (Å²) in [6, 6.07) is 7.49. The van der Waals surface area contributed by atoms with Crippen molar-refractivity contribution < 1.29 is 5.11 Å². The van der Waals surface area contributed by atoms with E-state index < -0.39 is 0 Å². The largest absolute Gasteiger partial charge is 0.519 e. The lowest BCUT2D eigenvalue weighted by Gasteiger charge is -2.17. The van der Waals surface area contributed by atoms with Crippen LogP contribution in [0.2, 0.25) is 0 Å². The molecular formula is C13H13N3O. The molecule has 0 aromatic heterocycles. The maximum atomic E-state index is 8.82. The van der Waals surface area contributed by atoms with Gasteiger partial charge < -0.3 is 10.0 Å². The summed E-state index contributed by atoms with van der Waals surface area (Å²) < 4.78 is 0. The molecule has 1 aromatic carbocycles. The molecule has 0 radical (unpaired) electrons. The molecule has 0 spiro atoms. The molecule has 86 valence electrons. The molecule has 4 heteroatoms. The van der Waals surface area contributed by atoms with E-state index in [2.05, 4.69) is 9.69 Å². The van der Waals surface area contributed by atoms with Crippen molar-refractivity contribution in [3.8, 4) is 0 Å². The molecule has 17 heavy (non-hydrogen) atoms. The highest BCUT2D eigenvalue weighted by atomic mass is 16.3. The minimum absolute atomic E-state index is 0.0569. The number of benzene rings is 1. The summed E-state index contributed by atoms with van der Waals surface area (Å²) in [6.45, 7) is 14.2. The lowest BCUT2D eigenvalue weighted by Crippen LogP contribution is -2.20. The average molecular weight is 227 g/mol. The van der Waals surface area contributed by atoms with E-state index in [1.54, 1.807) is 6.08 Å². The zero-order valence-corrected chi connectivity index (χ0v) is 9.59. The Kier molecular flexibility index (Phi) is 4.75. The first-order valence-electron chi connectivity index (χ1n) is 5.10. The van der Waals surface area contributed by atoms with E-state index in [1.807, 2.05) is 36.2 Å². The Balaban J connectivity index is 2.86. The summed E-state index contributed by atoms with van der Waals surface area (Å²) in [6.07, 6.45) is 1.55. The molecule has 1 aromatic rings. The number of likely N-dealkylation sites (N-methyl/N-ethyl adjacent to an activating group) is 1. The van der Waals surface area contributed by atoms with E-state index in [0.717, 1.165) is 11.3 Å². The van der Waals surface area contributed by atoms with Crippen LogP contribution in [0.25, 0.3) is 15.8 Å². The molecule has 0 heterocycles. The van der Waals surface area contributed by atoms with Gasteiger partial charge in [0.1, 0.15) is 13.1 Å². The van der Waals surface area contributed by atoms with Gasteiger partial charge in [0, 0.05) is 25.4 Å². The summed E-state index contributed by atoms with van der Waals surface area (Å²) in [5.41, 5.74) is 1.82. The van der Waals surface area contributed by atoms with Gasteiger partial charge in [0.05, 0.1) is 6.61 Å². The summed E-state index contributed by atoms with van der Waals surface area (Å²) >= 11 is 0. The first-order valence-corrected chi connectivity index (χ1v) is 5.10. The van der Waals surface area contributed by atoms with Crippen molar-refractivity contribution in [1.82, 2.24) is 0 Å². The number of aliphatic hydroxyl groups excluding tert-OH is 1. The quantitative estimate of drug-likeness (QED) is 0.800. The molecule has 0 aliphatic rings. The van der Waals surface area contributed by atoms with Crippen LogP contribution in [0.1, 0.15) is 5.56 Å². The van der Waals surface area contributed by atoms with Gasteiger partial charge >= 0.3 is 5.82 Å². The SMILES string of the molecule is [C-]#[N+]C(=Cc1ccc(N(C)CCO)cc1)[N+]#[C-]. The molecular weight excluding hydrogens is 214 g/mol. The van der Waals surface area contributed by atoms with Crippen LogP contribution < -0.4 is 4.90 Å². The highest BCUT2D eigenvalue weighted by Crippen LogP contribution is 2.16. The topological polar surface area (TPSA) is 32.2 Å². The molecule has 0 saturated heterocycles. The highest BCUT2D eigenvalue weighted by molar-refractivity contribution is 5.59. The van der Waals surface area contributed by atoms with Crippen molar-refractivity contribution in [1.29, 1.82) is 0 Å². The number of aliphatic hydroxyl groups is 1. The number of hydrogen-bond acceptors (Lipinski definition) is 2. The normalized spacial score (nSPS) is 8.94. The van der Waals surface area contributed by atoms with Crippen LogP contribution >= 0.6 is 0 Å². The second-order valence-electron chi connectivity index (χ2n) is 3.46. The summed E-state index contributed by atoms with van der Waals surface area (Å²) in [5, 5.41) is 8.82. The Morgan fingerprint density at radius 1 is 1.29 bits per heavy atom. The predicted molar refractivity (Wildman–Crippen MR) is 68.0 cm³/mol. The van der Waals surface area contributed by atoms with Gasteiger partial charge in [0.15, 0.2) is 0 Å². The van der Waals surface area contributed by atoms with Crippen molar-refractivity contribution in [2.24, 2.45) is 0 Å². The number of rotatable bonds is 4. The van der Waals surface area contributed by atoms with Crippen LogP contribution in [0.15, 0.2) is 30.1 Å². The maximum absolute atomic E-state index is 8.82. The first-order chi connectivity index (χ1) is 8.21. The smallest absolute Gasteiger partial charge is 0.395 e. The van der Waals surface area contributed by atoms with Gasteiger partial charge in [0.25, 0.3) is 0 Å². The lowest BCUT2D eigenvalue weighted by atomic mass is 10.2. The zero-order chi connectivity index (χ0) is 12.7. The van der Waals surface area contributed by atoms with Crippen LogP contribution in [0.5, 0.6) is 0 Å². The van der Waals surface area contributed by atoms with Crippen molar-refractivity contribution in [3.05, 3.63) is 58.5 Å². The van der Waals surface area contributed by atoms with E-state index in [-0.39, 0.29) is 12.4 Å². The van der Waals surface area contributed by atoms with E-state index in [1.165, 1.54) is 0 Å². The Hall–Kier alpha value is -2.30. The van der Waals surface area contributed by atoms with Crippen LogP contribution in [0.4, 0.5) is 5.69 Å². The van der Waals surface area contributed by atoms with Crippen molar-refractivity contribution >= 4 is 11.8 Å².